The molecule has 16 heavy (non-hydrogen) atoms. The second-order valence-corrected chi connectivity index (χ2v) is 6.65. The minimum atomic E-state index is -2.92. The number of anilines is 2. The maximum absolute atomic E-state index is 11.4. The van der Waals surface area contributed by atoms with Gasteiger partial charge in [-0.15, -0.1) is 0 Å². The van der Waals surface area contributed by atoms with Crippen molar-refractivity contribution >= 4 is 21.3 Å². The number of aromatic nitrogens is 1. The highest BCUT2D eigenvalue weighted by atomic mass is 32.2. The zero-order chi connectivity index (χ0) is 11.8. The van der Waals surface area contributed by atoms with Gasteiger partial charge in [-0.3, -0.25) is 0 Å². The Balaban J connectivity index is 2.20. The molecule has 0 amide bonds. The zero-order valence-electron chi connectivity index (χ0n) is 9.10. The standard InChI is InChI=1S/C10H15N3O2S/c1-10(4-6-16(14,15)7-10)13-9-8(11)3-2-5-12-9/h2-3,5H,4,6-7,11H2,1H3,(H,12,13). The van der Waals surface area contributed by atoms with Gasteiger partial charge in [0, 0.05) is 6.20 Å². The predicted octanol–water partition coefficient (Wildman–Crippen LogP) is 0.653. The van der Waals surface area contributed by atoms with Crippen molar-refractivity contribution in [2.75, 3.05) is 22.6 Å². The predicted molar refractivity (Wildman–Crippen MR) is 63.9 cm³/mol. The normalized spacial score (nSPS) is 27.8. The van der Waals surface area contributed by atoms with Crippen LogP contribution in [0.5, 0.6) is 0 Å². The summed E-state index contributed by atoms with van der Waals surface area (Å²) in [5, 5.41) is 3.13. The van der Waals surface area contributed by atoms with Crippen LogP contribution in [0.2, 0.25) is 0 Å². The van der Waals surface area contributed by atoms with Gasteiger partial charge in [0.05, 0.1) is 22.7 Å². The molecule has 6 heteroatoms. The molecule has 1 unspecified atom stereocenters. The molecule has 88 valence electrons. The molecule has 1 aliphatic heterocycles. The average molecular weight is 241 g/mol. The van der Waals surface area contributed by atoms with Gasteiger partial charge in [-0.1, -0.05) is 0 Å². The van der Waals surface area contributed by atoms with Gasteiger partial charge in [0.1, 0.15) is 5.82 Å². The van der Waals surface area contributed by atoms with Gasteiger partial charge in [-0.05, 0) is 25.5 Å². The molecule has 2 rings (SSSR count). The number of nitrogens with one attached hydrogen (secondary N) is 1. The number of nitrogen functional groups attached to an aromatic ring is 1. The second kappa shape index (κ2) is 3.62. The molecular weight excluding hydrogens is 226 g/mol. The number of nitrogens with two attached hydrogens (primary N) is 1. The van der Waals surface area contributed by atoms with Gasteiger partial charge >= 0.3 is 0 Å². The molecule has 0 radical (unpaired) electrons. The molecule has 1 saturated heterocycles. The van der Waals surface area contributed by atoms with Crippen LogP contribution in [-0.2, 0) is 9.84 Å². The fraction of sp³-hybridized carbons (Fsp3) is 0.500. The van der Waals surface area contributed by atoms with E-state index in [1.165, 1.54) is 0 Å². The van der Waals surface area contributed by atoms with E-state index in [2.05, 4.69) is 10.3 Å². The first-order valence-corrected chi connectivity index (χ1v) is 6.91. The maximum atomic E-state index is 11.4. The van der Waals surface area contributed by atoms with Crippen molar-refractivity contribution in [2.45, 2.75) is 18.9 Å². The number of hydrogen-bond donors (Lipinski definition) is 2. The molecular formula is C10H15N3O2S. The summed E-state index contributed by atoms with van der Waals surface area (Å²) in [6, 6.07) is 3.48. The van der Waals surface area contributed by atoms with Crippen molar-refractivity contribution < 1.29 is 8.42 Å². The van der Waals surface area contributed by atoms with Crippen molar-refractivity contribution in [1.29, 1.82) is 0 Å². The third kappa shape index (κ3) is 2.27. The molecule has 1 fully saturated rings. The Labute approximate surface area is 95.0 Å². The Morgan fingerprint density at radius 3 is 2.88 bits per heavy atom. The molecule has 5 nitrogen and oxygen atoms in total. The lowest BCUT2D eigenvalue weighted by molar-refractivity contribution is 0.572. The summed E-state index contributed by atoms with van der Waals surface area (Å²) in [5.41, 5.74) is 5.83. The molecule has 1 aliphatic rings. The van der Waals surface area contributed by atoms with Crippen molar-refractivity contribution in [3.63, 3.8) is 0 Å². The molecule has 0 saturated carbocycles. The highest BCUT2D eigenvalue weighted by Gasteiger charge is 2.38. The van der Waals surface area contributed by atoms with Gasteiger partial charge in [0.2, 0.25) is 0 Å². The van der Waals surface area contributed by atoms with Crippen molar-refractivity contribution in [3.8, 4) is 0 Å². The fourth-order valence-electron chi connectivity index (χ4n) is 1.92. The lowest BCUT2D eigenvalue weighted by Gasteiger charge is -2.25. The summed E-state index contributed by atoms with van der Waals surface area (Å²) >= 11 is 0. The average Bonchev–Trinajstić information content (AvgIpc) is 2.45. The third-order valence-electron chi connectivity index (χ3n) is 2.76. The van der Waals surface area contributed by atoms with E-state index >= 15 is 0 Å². The largest absolute Gasteiger partial charge is 0.396 e. The van der Waals surface area contributed by atoms with Crippen LogP contribution in [0.4, 0.5) is 11.5 Å². The van der Waals surface area contributed by atoms with Gasteiger partial charge in [0.15, 0.2) is 9.84 Å². The van der Waals surface area contributed by atoms with E-state index in [0.717, 1.165) is 0 Å². The van der Waals surface area contributed by atoms with Gasteiger partial charge < -0.3 is 11.1 Å². The monoisotopic (exact) mass is 241 g/mol. The summed E-state index contributed by atoms with van der Waals surface area (Å²) in [4.78, 5) is 4.10. The van der Waals surface area contributed by atoms with Crippen molar-refractivity contribution in [3.05, 3.63) is 18.3 Å². The molecule has 0 spiro atoms. The first kappa shape index (κ1) is 11.2. The number of hydrogen-bond acceptors (Lipinski definition) is 5. The van der Waals surface area contributed by atoms with E-state index in [4.69, 9.17) is 5.73 Å². The minimum absolute atomic E-state index is 0.135. The highest BCUT2D eigenvalue weighted by molar-refractivity contribution is 7.91. The molecule has 1 aromatic heterocycles. The first-order chi connectivity index (χ1) is 7.40. The van der Waals surface area contributed by atoms with Crippen LogP contribution < -0.4 is 11.1 Å². The van der Waals surface area contributed by atoms with Gasteiger partial charge in [0.25, 0.3) is 0 Å². The Bertz CT molecular complexity index is 501. The van der Waals surface area contributed by atoms with Crippen molar-refractivity contribution in [1.82, 2.24) is 4.98 Å². The molecule has 0 bridgehead atoms. The summed E-state index contributed by atoms with van der Waals surface area (Å²) in [5.74, 6) is 0.918. The Kier molecular flexibility index (Phi) is 2.53. The van der Waals surface area contributed by atoms with Crippen LogP contribution in [0.1, 0.15) is 13.3 Å². The smallest absolute Gasteiger partial charge is 0.152 e. The molecule has 1 atom stereocenters. The summed E-state index contributed by atoms with van der Waals surface area (Å²) in [6.07, 6.45) is 2.22. The van der Waals surface area contributed by atoms with E-state index < -0.39 is 15.4 Å². The highest BCUT2D eigenvalue weighted by Crippen LogP contribution is 2.28. The first-order valence-electron chi connectivity index (χ1n) is 5.09. The molecule has 3 N–H and O–H groups in total. The number of rotatable bonds is 2. The number of sulfone groups is 1. The molecule has 0 aliphatic carbocycles. The van der Waals surface area contributed by atoms with Crippen LogP contribution in [0.3, 0.4) is 0 Å². The summed E-state index contributed by atoms with van der Waals surface area (Å²) < 4.78 is 22.9. The second-order valence-electron chi connectivity index (χ2n) is 4.47. The number of nitrogens with zero attached hydrogens (tertiary/aromatic N) is 1. The summed E-state index contributed by atoms with van der Waals surface area (Å²) in [6.45, 7) is 1.88. The molecule has 2 heterocycles. The topological polar surface area (TPSA) is 85.1 Å². The van der Waals surface area contributed by atoms with E-state index in [1.807, 2.05) is 6.92 Å². The van der Waals surface area contributed by atoms with Crippen LogP contribution >= 0.6 is 0 Å². The maximum Gasteiger partial charge on any atom is 0.152 e. The van der Waals surface area contributed by atoms with Gasteiger partial charge in [-0.2, -0.15) is 0 Å². The van der Waals surface area contributed by atoms with E-state index in [9.17, 15) is 8.42 Å². The van der Waals surface area contributed by atoms with Gasteiger partial charge in [-0.25, -0.2) is 13.4 Å². The quantitative estimate of drug-likeness (QED) is 0.794. The fourth-order valence-corrected chi connectivity index (χ4v) is 4.01. The third-order valence-corrected chi connectivity index (χ3v) is 4.67. The Morgan fingerprint density at radius 2 is 2.31 bits per heavy atom. The van der Waals surface area contributed by atoms with E-state index in [1.54, 1.807) is 18.3 Å². The Hall–Kier alpha value is -1.30. The Morgan fingerprint density at radius 1 is 1.56 bits per heavy atom. The lowest BCUT2D eigenvalue weighted by Crippen LogP contribution is -2.36. The van der Waals surface area contributed by atoms with Crippen LogP contribution in [-0.4, -0.2) is 30.4 Å². The lowest BCUT2D eigenvalue weighted by atomic mass is 10.0. The minimum Gasteiger partial charge on any atom is -0.396 e. The van der Waals surface area contributed by atoms with Crippen LogP contribution in [0, 0.1) is 0 Å². The molecule has 0 aromatic carbocycles. The molecule has 1 aromatic rings. The van der Waals surface area contributed by atoms with Crippen LogP contribution in [0.25, 0.3) is 0 Å². The van der Waals surface area contributed by atoms with Crippen LogP contribution in [0.15, 0.2) is 18.3 Å². The SMILES string of the molecule is CC1(Nc2ncccc2N)CCS(=O)(=O)C1. The van der Waals surface area contributed by atoms with Crippen molar-refractivity contribution in [2.24, 2.45) is 0 Å². The number of pyridine rings is 1. The zero-order valence-corrected chi connectivity index (χ0v) is 9.92. The van der Waals surface area contributed by atoms with E-state index in [0.29, 0.717) is 17.9 Å². The van der Waals surface area contributed by atoms with E-state index in [-0.39, 0.29) is 11.5 Å². The summed E-state index contributed by atoms with van der Waals surface area (Å²) in [7, 11) is -2.92.